The molecule has 130 valence electrons. The number of amides is 1. The number of nitrogens with one attached hydrogen (secondary N) is 1. The number of hydrogen-bond donors (Lipinski definition) is 1. The summed E-state index contributed by atoms with van der Waals surface area (Å²) in [5.41, 5.74) is 3.51. The van der Waals surface area contributed by atoms with Crippen LogP contribution in [0.2, 0.25) is 0 Å². The van der Waals surface area contributed by atoms with Gasteiger partial charge in [0.1, 0.15) is 0 Å². The van der Waals surface area contributed by atoms with Gasteiger partial charge in [-0.1, -0.05) is 6.07 Å². The largest absolute Gasteiger partial charge is 0.491 e. The van der Waals surface area contributed by atoms with Crippen LogP contribution in [-0.2, 0) is 13.6 Å². The average Bonchev–Trinajstić information content (AvgIpc) is 2.95. The number of aromatic nitrogens is 2. The normalized spacial score (nSPS) is 10.9. The highest BCUT2D eigenvalue weighted by molar-refractivity contribution is 5.94. The molecular weight excluding hydrogens is 328 g/mol. The summed E-state index contributed by atoms with van der Waals surface area (Å²) in [7, 11) is 3.03. The van der Waals surface area contributed by atoms with Gasteiger partial charge in [-0.15, -0.1) is 0 Å². The summed E-state index contributed by atoms with van der Waals surface area (Å²) in [4.78, 5) is 16.6. The Morgan fingerprint density at radius 1 is 1.28 bits per heavy atom. The summed E-state index contributed by atoms with van der Waals surface area (Å²) in [5, 5.41) is 2.70. The van der Waals surface area contributed by atoms with Crippen molar-refractivity contribution >= 4 is 16.9 Å². The fourth-order valence-corrected chi connectivity index (χ4v) is 2.81. The van der Waals surface area contributed by atoms with Gasteiger partial charge in [-0.3, -0.25) is 4.79 Å². The number of halogens is 2. The summed E-state index contributed by atoms with van der Waals surface area (Å²) in [6.45, 7) is 2.15. The van der Waals surface area contributed by atoms with Crippen molar-refractivity contribution < 1.29 is 18.3 Å². The Hall–Kier alpha value is -2.96. The summed E-state index contributed by atoms with van der Waals surface area (Å²) in [6.07, 6.45) is 1.70. The molecule has 3 aromatic rings. The molecule has 0 bridgehead atoms. The monoisotopic (exact) mass is 345 g/mol. The Morgan fingerprint density at radius 2 is 1.96 bits per heavy atom. The van der Waals surface area contributed by atoms with Crippen molar-refractivity contribution in [3.8, 4) is 5.75 Å². The molecule has 7 heteroatoms. The van der Waals surface area contributed by atoms with Crippen LogP contribution >= 0.6 is 0 Å². The maximum Gasteiger partial charge on any atom is 0.251 e. The van der Waals surface area contributed by atoms with Gasteiger partial charge >= 0.3 is 0 Å². The maximum absolute atomic E-state index is 13.8. The molecule has 0 aliphatic rings. The lowest BCUT2D eigenvalue weighted by Crippen LogP contribution is -2.24. The molecular formula is C18H17F2N3O2. The SMILES string of the molecule is COc1c(F)cc(C(=O)NCc2c(C)ccc3ncn(C)c23)cc1F. The third-order valence-corrected chi connectivity index (χ3v) is 4.11. The molecule has 1 aromatic heterocycles. The van der Waals surface area contributed by atoms with E-state index >= 15 is 0 Å². The Morgan fingerprint density at radius 3 is 2.60 bits per heavy atom. The van der Waals surface area contributed by atoms with Crippen molar-refractivity contribution in [2.75, 3.05) is 7.11 Å². The van der Waals surface area contributed by atoms with Crippen LogP contribution in [0.15, 0.2) is 30.6 Å². The van der Waals surface area contributed by atoms with E-state index in [2.05, 4.69) is 15.0 Å². The topological polar surface area (TPSA) is 56.1 Å². The minimum absolute atomic E-state index is 0.106. The number of ether oxygens (including phenoxy) is 1. The summed E-state index contributed by atoms with van der Waals surface area (Å²) in [5.74, 6) is -2.92. The zero-order chi connectivity index (χ0) is 18.1. The Balaban J connectivity index is 1.86. The van der Waals surface area contributed by atoms with Crippen LogP contribution in [-0.4, -0.2) is 22.6 Å². The predicted octanol–water partition coefficient (Wildman–Crippen LogP) is 3.10. The summed E-state index contributed by atoms with van der Waals surface area (Å²) in [6, 6.07) is 5.73. The molecule has 0 aliphatic heterocycles. The lowest BCUT2D eigenvalue weighted by Gasteiger charge is -2.11. The number of aryl methyl sites for hydroxylation is 2. The summed E-state index contributed by atoms with van der Waals surface area (Å²) < 4.78 is 34.0. The van der Waals surface area contributed by atoms with Gasteiger partial charge in [0, 0.05) is 24.7 Å². The molecule has 1 heterocycles. The first-order chi connectivity index (χ1) is 11.9. The Bertz CT molecular complexity index is 943. The zero-order valence-corrected chi connectivity index (χ0v) is 14.1. The van der Waals surface area contributed by atoms with Crippen molar-refractivity contribution in [2.24, 2.45) is 7.05 Å². The van der Waals surface area contributed by atoms with Crippen LogP contribution in [0.3, 0.4) is 0 Å². The van der Waals surface area contributed by atoms with Crippen LogP contribution < -0.4 is 10.1 Å². The molecule has 25 heavy (non-hydrogen) atoms. The first kappa shape index (κ1) is 16.9. The van der Waals surface area contributed by atoms with E-state index in [1.807, 2.05) is 30.7 Å². The minimum Gasteiger partial charge on any atom is -0.491 e. The average molecular weight is 345 g/mol. The number of benzene rings is 2. The molecule has 1 N–H and O–H groups in total. The number of carbonyl (C=O) groups is 1. The molecule has 0 spiro atoms. The third-order valence-electron chi connectivity index (χ3n) is 4.11. The highest BCUT2D eigenvalue weighted by Crippen LogP contribution is 2.24. The molecule has 0 unspecified atom stereocenters. The van der Waals surface area contributed by atoms with Crippen molar-refractivity contribution in [3.05, 3.63) is 58.9 Å². The second-order valence-electron chi connectivity index (χ2n) is 5.74. The van der Waals surface area contributed by atoms with E-state index in [-0.39, 0.29) is 12.1 Å². The lowest BCUT2D eigenvalue weighted by molar-refractivity contribution is 0.0950. The van der Waals surface area contributed by atoms with Crippen molar-refractivity contribution in [3.63, 3.8) is 0 Å². The number of fused-ring (bicyclic) bond motifs is 1. The number of carbonyl (C=O) groups excluding carboxylic acids is 1. The van der Waals surface area contributed by atoms with Crippen LogP contribution in [0.25, 0.3) is 11.0 Å². The molecule has 0 saturated heterocycles. The van der Waals surface area contributed by atoms with Gasteiger partial charge in [-0.05, 0) is 30.7 Å². The molecule has 1 amide bonds. The lowest BCUT2D eigenvalue weighted by atomic mass is 10.1. The van der Waals surface area contributed by atoms with Gasteiger partial charge in [-0.2, -0.15) is 0 Å². The predicted molar refractivity (Wildman–Crippen MR) is 89.5 cm³/mol. The molecule has 0 saturated carbocycles. The fraction of sp³-hybridized carbons (Fsp3) is 0.222. The van der Waals surface area contributed by atoms with Crippen LogP contribution in [0, 0.1) is 18.6 Å². The second-order valence-corrected chi connectivity index (χ2v) is 5.74. The standard InChI is InChI=1S/C18H17F2N3O2/c1-10-4-5-15-16(23(2)9-22-15)12(10)8-21-18(24)11-6-13(19)17(25-3)14(20)7-11/h4-7,9H,8H2,1-3H3,(H,21,24). The first-order valence-corrected chi connectivity index (χ1v) is 7.63. The molecule has 2 aromatic carbocycles. The van der Waals surface area contributed by atoms with Crippen LogP contribution in [0.4, 0.5) is 8.78 Å². The van der Waals surface area contributed by atoms with E-state index in [1.54, 1.807) is 6.33 Å². The van der Waals surface area contributed by atoms with E-state index in [1.165, 1.54) is 7.11 Å². The van der Waals surface area contributed by atoms with Gasteiger partial charge in [0.15, 0.2) is 17.4 Å². The molecule has 5 nitrogen and oxygen atoms in total. The highest BCUT2D eigenvalue weighted by Gasteiger charge is 2.16. The first-order valence-electron chi connectivity index (χ1n) is 7.63. The number of imidazole rings is 1. The highest BCUT2D eigenvalue weighted by atomic mass is 19.1. The molecule has 0 aliphatic carbocycles. The quantitative estimate of drug-likeness (QED) is 0.790. The van der Waals surface area contributed by atoms with E-state index < -0.39 is 23.3 Å². The van der Waals surface area contributed by atoms with Gasteiger partial charge in [0.05, 0.1) is 24.5 Å². The maximum atomic E-state index is 13.8. The minimum atomic E-state index is -0.919. The number of methoxy groups -OCH3 is 1. The van der Waals surface area contributed by atoms with Crippen molar-refractivity contribution in [1.29, 1.82) is 0 Å². The van der Waals surface area contributed by atoms with Gasteiger partial charge < -0.3 is 14.6 Å². The van der Waals surface area contributed by atoms with Crippen molar-refractivity contribution in [2.45, 2.75) is 13.5 Å². The Kier molecular flexibility index (Phi) is 4.39. The fourth-order valence-electron chi connectivity index (χ4n) is 2.81. The second kappa shape index (κ2) is 6.51. The van der Waals surface area contributed by atoms with E-state index in [9.17, 15) is 13.6 Å². The van der Waals surface area contributed by atoms with E-state index in [0.717, 1.165) is 34.3 Å². The van der Waals surface area contributed by atoms with Crippen LogP contribution in [0.1, 0.15) is 21.5 Å². The number of rotatable bonds is 4. The smallest absolute Gasteiger partial charge is 0.251 e. The van der Waals surface area contributed by atoms with Gasteiger partial charge in [0.2, 0.25) is 0 Å². The molecule has 0 fully saturated rings. The molecule has 0 atom stereocenters. The number of hydrogen-bond acceptors (Lipinski definition) is 3. The van der Waals surface area contributed by atoms with E-state index in [4.69, 9.17) is 0 Å². The molecule has 0 radical (unpaired) electrons. The van der Waals surface area contributed by atoms with E-state index in [0.29, 0.717) is 0 Å². The summed E-state index contributed by atoms with van der Waals surface area (Å²) >= 11 is 0. The zero-order valence-electron chi connectivity index (χ0n) is 14.1. The van der Waals surface area contributed by atoms with Gasteiger partial charge in [-0.25, -0.2) is 13.8 Å². The third kappa shape index (κ3) is 3.05. The molecule has 3 rings (SSSR count). The Labute approximate surface area is 143 Å². The van der Waals surface area contributed by atoms with Crippen molar-refractivity contribution in [1.82, 2.24) is 14.9 Å². The van der Waals surface area contributed by atoms with Crippen LogP contribution in [0.5, 0.6) is 5.75 Å². The number of nitrogens with zero attached hydrogens (tertiary/aromatic N) is 2. The van der Waals surface area contributed by atoms with Gasteiger partial charge in [0.25, 0.3) is 5.91 Å².